The van der Waals surface area contributed by atoms with Crippen molar-refractivity contribution in [3.05, 3.63) is 0 Å². The van der Waals surface area contributed by atoms with Crippen molar-refractivity contribution in [1.82, 2.24) is 0 Å². The number of aliphatic hydroxyl groups excluding tert-OH is 3. The second-order valence-electron chi connectivity index (χ2n) is 3.00. The maximum absolute atomic E-state index is 9.22. The average molecular weight is 195 g/mol. The van der Waals surface area contributed by atoms with Gasteiger partial charge in [0.1, 0.15) is 12.2 Å². The van der Waals surface area contributed by atoms with Crippen molar-refractivity contribution < 1.29 is 30.3 Å². The van der Waals surface area contributed by atoms with E-state index < -0.39 is 36.9 Å². The first-order chi connectivity index (χ1) is 5.91. The monoisotopic (exact) mass is 195 g/mol. The minimum atomic E-state index is -2.65. The summed E-state index contributed by atoms with van der Waals surface area (Å²) in [6, 6.07) is -1.32. The highest BCUT2D eigenvalue weighted by atomic mass is 16.7. The Labute approximate surface area is 74.0 Å². The molecule has 1 rings (SSSR count). The highest BCUT2D eigenvalue weighted by Crippen LogP contribution is 2.25. The Kier molecular flexibility index (Phi) is 2.88. The van der Waals surface area contributed by atoms with Crippen molar-refractivity contribution in [3.63, 3.8) is 0 Å². The maximum Gasteiger partial charge on any atom is 0.220 e. The molecule has 1 saturated heterocycles. The topological polar surface area (TPSA) is 136 Å². The van der Waals surface area contributed by atoms with Gasteiger partial charge in [-0.25, -0.2) is 0 Å². The Balaban J connectivity index is 2.82. The summed E-state index contributed by atoms with van der Waals surface area (Å²) in [4.78, 5) is 0. The van der Waals surface area contributed by atoms with Gasteiger partial charge in [-0.3, -0.25) is 0 Å². The minimum Gasteiger partial charge on any atom is -0.393 e. The second kappa shape index (κ2) is 3.46. The summed E-state index contributed by atoms with van der Waals surface area (Å²) < 4.78 is 4.55. The van der Waals surface area contributed by atoms with Crippen LogP contribution < -0.4 is 5.73 Å². The minimum absolute atomic E-state index is 0.742. The lowest BCUT2D eigenvalue weighted by Crippen LogP contribution is -2.69. The molecule has 13 heavy (non-hydrogen) atoms. The van der Waals surface area contributed by atoms with E-state index in [9.17, 15) is 15.3 Å². The molecule has 0 amide bonds. The van der Waals surface area contributed by atoms with Gasteiger partial charge < -0.3 is 36.0 Å². The Bertz CT molecular complexity index is 182. The molecule has 1 fully saturated rings. The standard InChI is InChI=1S/C6H13NO6/c7-3-4(9)6(11,12)2(1-8)13-5(3)10/h2-5,8-12H,1,7H2/t2-,3-,4-,5?/m1/s1. The summed E-state index contributed by atoms with van der Waals surface area (Å²) in [6.07, 6.45) is -4.77. The van der Waals surface area contributed by atoms with Gasteiger partial charge in [-0.1, -0.05) is 0 Å². The molecule has 7 heteroatoms. The van der Waals surface area contributed by atoms with Gasteiger partial charge in [0, 0.05) is 0 Å². The number of hydrogen-bond donors (Lipinski definition) is 6. The maximum atomic E-state index is 9.22. The number of aliphatic hydroxyl groups is 5. The van der Waals surface area contributed by atoms with Crippen molar-refractivity contribution in [2.45, 2.75) is 30.3 Å². The summed E-state index contributed by atoms with van der Waals surface area (Å²) in [6.45, 7) is -0.742. The lowest BCUT2D eigenvalue weighted by molar-refractivity contribution is -0.357. The third kappa shape index (κ3) is 1.67. The van der Waals surface area contributed by atoms with Crippen LogP contribution in [0.4, 0.5) is 0 Å². The third-order valence-electron chi connectivity index (χ3n) is 2.07. The van der Waals surface area contributed by atoms with Gasteiger partial charge in [0.15, 0.2) is 6.29 Å². The van der Waals surface area contributed by atoms with Crippen LogP contribution in [0.5, 0.6) is 0 Å². The third-order valence-corrected chi connectivity index (χ3v) is 2.07. The van der Waals surface area contributed by atoms with Gasteiger partial charge in [0.25, 0.3) is 0 Å². The lowest BCUT2D eigenvalue weighted by Gasteiger charge is -2.43. The molecule has 1 unspecified atom stereocenters. The van der Waals surface area contributed by atoms with E-state index in [-0.39, 0.29) is 0 Å². The summed E-state index contributed by atoms with van der Waals surface area (Å²) in [5.74, 6) is -2.65. The van der Waals surface area contributed by atoms with Gasteiger partial charge in [-0.15, -0.1) is 0 Å². The van der Waals surface area contributed by atoms with E-state index in [1.165, 1.54) is 0 Å². The van der Waals surface area contributed by atoms with Gasteiger partial charge in [0.05, 0.1) is 12.6 Å². The van der Waals surface area contributed by atoms with Gasteiger partial charge >= 0.3 is 0 Å². The first-order valence-electron chi connectivity index (χ1n) is 3.74. The number of hydrogen-bond acceptors (Lipinski definition) is 7. The first kappa shape index (κ1) is 10.8. The molecule has 0 bridgehead atoms. The van der Waals surface area contributed by atoms with Crippen LogP contribution in [0.25, 0.3) is 0 Å². The molecule has 4 atom stereocenters. The van der Waals surface area contributed by atoms with Crippen LogP contribution in [0.15, 0.2) is 0 Å². The molecule has 7 N–H and O–H groups in total. The van der Waals surface area contributed by atoms with Gasteiger partial charge in [0.2, 0.25) is 5.79 Å². The molecule has 1 aliphatic rings. The van der Waals surface area contributed by atoms with Crippen molar-refractivity contribution in [2.24, 2.45) is 5.73 Å². The summed E-state index contributed by atoms with van der Waals surface area (Å²) in [7, 11) is 0. The smallest absolute Gasteiger partial charge is 0.220 e. The highest BCUT2D eigenvalue weighted by Gasteiger charge is 2.52. The zero-order valence-corrected chi connectivity index (χ0v) is 6.74. The van der Waals surface area contributed by atoms with Crippen LogP contribution in [0.1, 0.15) is 0 Å². The molecule has 0 radical (unpaired) electrons. The van der Waals surface area contributed by atoms with E-state index in [0.29, 0.717) is 0 Å². The zero-order chi connectivity index (χ0) is 10.2. The zero-order valence-electron chi connectivity index (χ0n) is 6.74. The van der Waals surface area contributed by atoms with Crippen LogP contribution in [-0.4, -0.2) is 62.5 Å². The predicted molar refractivity (Wildman–Crippen MR) is 39.1 cm³/mol. The van der Waals surface area contributed by atoms with Crippen LogP contribution in [0, 0.1) is 0 Å². The highest BCUT2D eigenvalue weighted by molar-refractivity contribution is 4.95. The SMILES string of the molecule is N[C@H]1C(O)O[C@H](CO)C(O)(O)[C@@H]1O. The molecule has 78 valence electrons. The van der Waals surface area contributed by atoms with E-state index in [4.69, 9.17) is 15.9 Å². The van der Waals surface area contributed by atoms with Crippen LogP contribution in [0.3, 0.4) is 0 Å². The molecule has 0 aromatic heterocycles. The van der Waals surface area contributed by atoms with Crippen molar-refractivity contribution in [1.29, 1.82) is 0 Å². The molecule has 1 aliphatic heterocycles. The van der Waals surface area contributed by atoms with Crippen LogP contribution in [0.2, 0.25) is 0 Å². The van der Waals surface area contributed by atoms with E-state index in [1.807, 2.05) is 0 Å². The largest absolute Gasteiger partial charge is 0.393 e. The molecule has 0 aliphatic carbocycles. The molecular weight excluding hydrogens is 182 g/mol. The number of nitrogens with two attached hydrogens (primary N) is 1. The number of ether oxygens (including phenoxy) is 1. The molecular formula is C6H13NO6. The first-order valence-corrected chi connectivity index (χ1v) is 3.74. The quantitative estimate of drug-likeness (QED) is 0.235. The lowest BCUT2D eigenvalue weighted by atomic mass is 9.94. The Morgan fingerprint density at radius 3 is 2.31 bits per heavy atom. The fraction of sp³-hybridized carbons (Fsp3) is 1.00. The molecule has 1 heterocycles. The van der Waals surface area contributed by atoms with Crippen molar-refractivity contribution in [2.75, 3.05) is 6.61 Å². The normalized spacial score (nSPS) is 44.8. The van der Waals surface area contributed by atoms with Crippen molar-refractivity contribution >= 4 is 0 Å². The summed E-state index contributed by atoms with van der Waals surface area (Å²) in [5.41, 5.74) is 5.19. The van der Waals surface area contributed by atoms with Crippen molar-refractivity contribution in [3.8, 4) is 0 Å². The molecule has 0 aromatic carbocycles. The molecule has 7 nitrogen and oxygen atoms in total. The van der Waals surface area contributed by atoms with Gasteiger partial charge in [-0.2, -0.15) is 0 Å². The predicted octanol–water partition coefficient (Wildman–Crippen LogP) is -3.93. The summed E-state index contributed by atoms with van der Waals surface area (Å²) in [5, 5.41) is 45.3. The van der Waals surface area contributed by atoms with E-state index >= 15 is 0 Å². The fourth-order valence-electron chi connectivity index (χ4n) is 1.17. The Morgan fingerprint density at radius 1 is 1.31 bits per heavy atom. The van der Waals surface area contributed by atoms with E-state index in [1.54, 1.807) is 0 Å². The molecule has 0 aromatic rings. The number of rotatable bonds is 1. The molecule has 0 saturated carbocycles. The Morgan fingerprint density at radius 2 is 1.85 bits per heavy atom. The molecule has 0 spiro atoms. The fourth-order valence-corrected chi connectivity index (χ4v) is 1.17. The Hall–Kier alpha value is -0.280. The van der Waals surface area contributed by atoms with E-state index in [0.717, 1.165) is 0 Å². The summed E-state index contributed by atoms with van der Waals surface area (Å²) >= 11 is 0. The average Bonchev–Trinajstić information content (AvgIpc) is 2.08. The van der Waals surface area contributed by atoms with Crippen LogP contribution >= 0.6 is 0 Å². The van der Waals surface area contributed by atoms with E-state index in [2.05, 4.69) is 4.74 Å². The second-order valence-corrected chi connectivity index (χ2v) is 3.00. The van der Waals surface area contributed by atoms with Gasteiger partial charge in [-0.05, 0) is 0 Å². The van der Waals surface area contributed by atoms with Crippen LogP contribution in [-0.2, 0) is 4.74 Å².